The molecule has 25 heavy (non-hydrogen) atoms. The SMILES string of the molecule is Cc1ccc(F)cc1NC(=O)c1sc(N(C)c2ccccc2)nc1C. The molecule has 1 N–H and O–H groups in total. The second-order valence-corrected chi connectivity index (χ2v) is 6.70. The van der Waals surface area contributed by atoms with Gasteiger partial charge in [0.1, 0.15) is 10.7 Å². The number of nitrogens with one attached hydrogen (secondary N) is 1. The molecule has 0 aliphatic heterocycles. The van der Waals surface area contributed by atoms with Crippen molar-refractivity contribution in [3.8, 4) is 0 Å². The van der Waals surface area contributed by atoms with Gasteiger partial charge in [-0.3, -0.25) is 4.79 Å². The lowest BCUT2D eigenvalue weighted by Gasteiger charge is -2.15. The van der Waals surface area contributed by atoms with Crippen molar-refractivity contribution in [3.63, 3.8) is 0 Å². The molecule has 0 bridgehead atoms. The predicted molar refractivity (Wildman–Crippen MR) is 100 cm³/mol. The summed E-state index contributed by atoms with van der Waals surface area (Å²) in [7, 11) is 1.91. The number of carbonyl (C=O) groups is 1. The van der Waals surface area contributed by atoms with Crippen LogP contribution in [0.1, 0.15) is 20.9 Å². The van der Waals surface area contributed by atoms with Gasteiger partial charge in [0.05, 0.1) is 5.69 Å². The van der Waals surface area contributed by atoms with Gasteiger partial charge in [-0.05, 0) is 43.7 Å². The van der Waals surface area contributed by atoms with Crippen LogP contribution < -0.4 is 10.2 Å². The van der Waals surface area contributed by atoms with E-state index in [4.69, 9.17) is 0 Å². The van der Waals surface area contributed by atoms with Crippen LogP contribution >= 0.6 is 11.3 Å². The van der Waals surface area contributed by atoms with Gasteiger partial charge in [-0.2, -0.15) is 0 Å². The first-order valence-electron chi connectivity index (χ1n) is 7.79. The van der Waals surface area contributed by atoms with Crippen LogP contribution in [0.25, 0.3) is 0 Å². The van der Waals surface area contributed by atoms with E-state index < -0.39 is 0 Å². The maximum absolute atomic E-state index is 13.4. The average molecular weight is 355 g/mol. The lowest BCUT2D eigenvalue weighted by atomic mass is 10.2. The molecule has 1 aromatic heterocycles. The Labute approximate surface area is 150 Å². The molecule has 128 valence electrons. The van der Waals surface area contributed by atoms with Crippen LogP contribution in [0.5, 0.6) is 0 Å². The molecule has 2 aromatic carbocycles. The molecule has 1 amide bonds. The minimum Gasteiger partial charge on any atom is -0.321 e. The fourth-order valence-corrected chi connectivity index (χ4v) is 3.35. The highest BCUT2D eigenvalue weighted by atomic mass is 32.1. The van der Waals surface area contributed by atoms with Gasteiger partial charge in [0.25, 0.3) is 5.91 Å². The van der Waals surface area contributed by atoms with E-state index in [1.807, 2.05) is 49.2 Å². The van der Waals surface area contributed by atoms with E-state index >= 15 is 0 Å². The number of aryl methyl sites for hydroxylation is 2. The standard InChI is InChI=1S/C19H18FN3OS/c1-12-9-10-14(20)11-16(12)22-18(24)17-13(2)21-19(25-17)23(3)15-7-5-4-6-8-15/h4-11H,1-3H3,(H,22,24). The van der Waals surface area contributed by atoms with E-state index in [0.29, 0.717) is 16.3 Å². The number of rotatable bonds is 4. The van der Waals surface area contributed by atoms with E-state index in [2.05, 4.69) is 10.3 Å². The fourth-order valence-electron chi connectivity index (χ4n) is 2.41. The van der Waals surface area contributed by atoms with E-state index in [9.17, 15) is 9.18 Å². The van der Waals surface area contributed by atoms with Gasteiger partial charge in [0.15, 0.2) is 5.13 Å². The number of benzene rings is 2. The van der Waals surface area contributed by atoms with Gasteiger partial charge >= 0.3 is 0 Å². The Hall–Kier alpha value is -2.73. The van der Waals surface area contributed by atoms with Crippen LogP contribution in [0.3, 0.4) is 0 Å². The van der Waals surface area contributed by atoms with Crippen molar-refractivity contribution in [1.29, 1.82) is 0 Å². The van der Waals surface area contributed by atoms with Gasteiger partial charge in [-0.25, -0.2) is 9.37 Å². The maximum Gasteiger partial charge on any atom is 0.267 e. The summed E-state index contributed by atoms with van der Waals surface area (Å²) in [5.74, 6) is -0.664. The lowest BCUT2D eigenvalue weighted by Crippen LogP contribution is -2.12. The molecule has 0 aliphatic rings. The first kappa shape index (κ1) is 17.1. The van der Waals surface area contributed by atoms with Gasteiger partial charge in [-0.1, -0.05) is 35.6 Å². The van der Waals surface area contributed by atoms with Crippen molar-refractivity contribution >= 4 is 33.8 Å². The molecule has 0 fully saturated rings. The van der Waals surface area contributed by atoms with Gasteiger partial charge in [0, 0.05) is 18.4 Å². The number of anilines is 3. The zero-order valence-electron chi connectivity index (χ0n) is 14.2. The first-order valence-corrected chi connectivity index (χ1v) is 8.61. The number of halogens is 1. The highest BCUT2D eigenvalue weighted by Gasteiger charge is 2.18. The molecule has 0 unspecified atom stereocenters. The van der Waals surface area contributed by atoms with Crippen LogP contribution in [-0.4, -0.2) is 17.9 Å². The van der Waals surface area contributed by atoms with Gasteiger partial charge < -0.3 is 10.2 Å². The molecule has 6 heteroatoms. The minimum atomic E-state index is -0.383. The monoisotopic (exact) mass is 355 g/mol. The maximum atomic E-state index is 13.4. The molecule has 1 heterocycles. The molecule has 0 atom stereocenters. The van der Waals surface area contributed by atoms with Gasteiger partial charge in [0.2, 0.25) is 0 Å². The molecular formula is C19H18FN3OS. The topological polar surface area (TPSA) is 45.2 Å². The van der Waals surface area contributed by atoms with E-state index in [1.165, 1.54) is 23.5 Å². The quantitative estimate of drug-likeness (QED) is 0.722. The van der Waals surface area contributed by atoms with Crippen molar-refractivity contribution in [3.05, 3.63) is 70.5 Å². The highest BCUT2D eigenvalue weighted by molar-refractivity contribution is 7.17. The summed E-state index contributed by atoms with van der Waals surface area (Å²) < 4.78 is 13.4. The molecule has 0 aliphatic carbocycles. The summed E-state index contributed by atoms with van der Waals surface area (Å²) >= 11 is 1.31. The Morgan fingerprint density at radius 3 is 2.60 bits per heavy atom. The second-order valence-electron chi connectivity index (χ2n) is 5.72. The van der Waals surface area contributed by atoms with Crippen molar-refractivity contribution in [2.24, 2.45) is 0 Å². The van der Waals surface area contributed by atoms with Crippen molar-refractivity contribution < 1.29 is 9.18 Å². The third-order valence-electron chi connectivity index (χ3n) is 3.87. The number of carbonyl (C=O) groups excluding carboxylic acids is 1. The molecule has 4 nitrogen and oxygen atoms in total. The number of nitrogens with zero attached hydrogens (tertiary/aromatic N) is 2. The summed E-state index contributed by atoms with van der Waals surface area (Å²) in [5.41, 5.74) is 2.91. The molecule has 0 saturated heterocycles. The third-order valence-corrected chi connectivity index (χ3v) is 5.10. The average Bonchev–Trinajstić information content (AvgIpc) is 3.00. The summed E-state index contributed by atoms with van der Waals surface area (Å²) in [5, 5.41) is 3.50. The highest BCUT2D eigenvalue weighted by Crippen LogP contribution is 2.31. The predicted octanol–water partition coefficient (Wildman–Crippen LogP) is 4.92. The normalized spacial score (nSPS) is 10.6. The Kier molecular flexibility index (Phi) is 4.81. The van der Waals surface area contributed by atoms with Crippen LogP contribution in [0.15, 0.2) is 48.5 Å². The van der Waals surface area contributed by atoms with Crippen molar-refractivity contribution in [2.45, 2.75) is 13.8 Å². The number of aromatic nitrogens is 1. The molecular weight excluding hydrogens is 337 g/mol. The third kappa shape index (κ3) is 3.69. The molecule has 0 radical (unpaired) electrons. The zero-order valence-corrected chi connectivity index (χ0v) is 15.0. The molecule has 3 aromatic rings. The van der Waals surface area contributed by atoms with Crippen LogP contribution in [0.4, 0.5) is 20.9 Å². The Morgan fingerprint density at radius 2 is 1.88 bits per heavy atom. The largest absolute Gasteiger partial charge is 0.321 e. The van der Waals surface area contributed by atoms with E-state index in [-0.39, 0.29) is 11.7 Å². The van der Waals surface area contributed by atoms with Crippen LogP contribution in [-0.2, 0) is 0 Å². The molecule has 3 rings (SSSR count). The van der Waals surface area contributed by atoms with Crippen LogP contribution in [0.2, 0.25) is 0 Å². The zero-order chi connectivity index (χ0) is 18.0. The van der Waals surface area contributed by atoms with E-state index in [0.717, 1.165) is 16.4 Å². The summed E-state index contributed by atoms with van der Waals surface area (Å²) in [6, 6.07) is 14.1. The minimum absolute atomic E-state index is 0.281. The fraction of sp³-hybridized carbons (Fsp3) is 0.158. The molecule has 0 spiro atoms. The number of amides is 1. The Balaban J connectivity index is 1.85. The van der Waals surface area contributed by atoms with Crippen molar-refractivity contribution in [2.75, 3.05) is 17.3 Å². The first-order chi connectivity index (χ1) is 12.0. The number of hydrogen-bond donors (Lipinski definition) is 1. The lowest BCUT2D eigenvalue weighted by molar-refractivity contribution is 0.102. The second kappa shape index (κ2) is 7.03. The number of hydrogen-bond acceptors (Lipinski definition) is 4. The Morgan fingerprint density at radius 1 is 1.16 bits per heavy atom. The van der Waals surface area contributed by atoms with E-state index in [1.54, 1.807) is 13.0 Å². The van der Waals surface area contributed by atoms with Gasteiger partial charge in [-0.15, -0.1) is 0 Å². The number of para-hydroxylation sites is 1. The summed E-state index contributed by atoms with van der Waals surface area (Å²) in [6.07, 6.45) is 0. The smallest absolute Gasteiger partial charge is 0.267 e. The van der Waals surface area contributed by atoms with Crippen LogP contribution in [0, 0.1) is 19.7 Å². The Bertz CT molecular complexity index is 908. The summed E-state index contributed by atoms with van der Waals surface area (Å²) in [4.78, 5) is 19.5. The molecule has 0 saturated carbocycles. The van der Waals surface area contributed by atoms with Crippen molar-refractivity contribution in [1.82, 2.24) is 4.98 Å². The summed E-state index contributed by atoms with van der Waals surface area (Å²) in [6.45, 7) is 3.62. The number of thiazole rings is 1.